The molecule has 0 unspecified atom stereocenters. The van der Waals surface area contributed by atoms with E-state index in [0.717, 1.165) is 22.5 Å². The van der Waals surface area contributed by atoms with Crippen molar-refractivity contribution in [1.82, 2.24) is 5.32 Å². The Morgan fingerprint density at radius 3 is 2.64 bits per heavy atom. The highest BCUT2D eigenvalue weighted by Crippen LogP contribution is 2.32. The van der Waals surface area contributed by atoms with Gasteiger partial charge in [-0.25, -0.2) is 9.59 Å². The molecule has 0 saturated heterocycles. The van der Waals surface area contributed by atoms with Gasteiger partial charge in [0.15, 0.2) is 0 Å². The molecule has 1 aromatic carbocycles. The van der Waals surface area contributed by atoms with Crippen molar-refractivity contribution in [3.8, 4) is 0 Å². The normalized spacial score (nSPS) is 10.7. The average molecular weight is 402 g/mol. The number of amides is 1. The SMILES string of the molecule is CCOC(=O)c1c(N)sc(C(=O)NC)c1COC(=O)/C=C/c1cccc(C)c1. The van der Waals surface area contributed by atoms with Gasteiger partial charge in [0.25, 0.3) is 5.91 Å². The van der Waals surface area contributed by atoms with E-state index in [9.17, 15) is 14.4 Å². The smallest absolute Gasteiger partial charge is 0.341 e. The van der Waals surface area contributed by atoms with Crippen LogP contribution in [0.15, 0.2) is 30.3 Å². The second kappa shape index (κ2) is 9.70. The summed E-state index contributed by atoms with van der Waals surface area (Å²) < 4.78 is 10.2. The quantitative estimate of drug-likeness (QED) is 0.545. The molecule has 0 aliphatic carbocycles. The number of esters is 2. The minimum absolute atomic E-state index is 0.0564. The highest BCUT2D eigenvalue weighted by molar-refractivity contribution is 7.18. The molecule has 3 N–H and O–H groups in total. The number of thiophene rings is 1. The second-order valence-corrected chi connectivity index (χ2v) is 6.86. The zero-order valence-corrected chi connectivity index (χ0v) is 16.7. The van der Waals surface area contributed by atoms with Gasteiger partial charge in [-0.3, -0.25) is 4.79 Å². The lowest BCUT2D eigenvalue weighted by atomic mass is 10.1. The number of rotatable bonds is 7. The van der Waals surface area contributed by atoms with E-state index in [2.05, 4.69) is 5.32 Å². The largest absolute Gasteiger partial charge is 0.462 e. The zero-order valence-electron chi connectivity index (χ0n) is 15.9. The van der Waals surface area contributed by atoms with E-state index >= 15 is 0 Å². The van der Waals surface area contributed by atoms with Gasteiger partial charge in [-0.2, -0.15) is 0 Å². The number of nitrogens with one attached hydrogen (secondary N) is 1. The predicted molar refractivity (Wildman–Crippen MR) is 108 cm³/mol. The minimum Gasteiger partial charge on any atom is -0.462 e. The lowest BCUT2D eigenvalue weighted by Gasteiger charge is -2.07. The van der Waals surface area contributed by atoms with Crippen LogP contribution in [0.3, 0.4) is 0 Å². The first-order valence-corrected chi connectivity index (χ1v) is 9.40. The first kappa shape index (κ1) is 21.2. The van der Waals surface area contributed by atoms with Crippen molar-refractivity contribution < 1.29 is 23.9 Å². The lowest BCUT2D eigenvalue weighted by molar-refractivity contribution is -0.138. The molecule has 1 aromatic heterocycles. The fraction of sp³-hybridized carbons (Fsp3) is 0.250. The minimum atomic E-state index is -0.659. The van der Waals surface area contributed by atoms with Gasteiger partial charge in [-0.1, -0.05) is 29.8 Å². The number of aryl methyl sites for hydroxylation is 1. The van der Waals surface area contributed by atoms with Crippen LogP contribution in [-0.2, 0) is 20.9 Å². The third kappa shape index (κ3) is 5.20. The Morgan fingerprint density at radius 1 is 1.25 bits per heavy atom. The van der Waals surface area contributed by atoms with Crippen molar-refractivity contribution in [3.63, 3.8) is 0 Å². The highest BCUT2D eigenvalue weighted by Gasteiger charge is 2.27. The summed E-state index contributed by atoms with van der Waals surface area (Å²) in [6.07, 6.45) is 2.91. The zero-order chi connectivity index (χ0) is 20.7. The summed E-state index contributed by atoms with van der Waals surface area (Å²) in [5, 5.41) is 2.62. The molecule has 7 nitrogen and oxygen atoms in total. The molecule has 1 amide bonds. The molecule has 0 aliphatic heterocycles. The molecule has 0 atom stereocenters. The molecule has 0 radical (unpaired) electrons. The number of hydrogen-bond acceptors (Lipinski definition) is 7. The number of carbonyl (C=O) groups excluding carboxylic acids is 3. The Bertz CT molecular complexity index is 917. The summed E-state index contributed by atoms with van der Waals surface area (Å²) in [6, 6.07) is 7.62. The van der Waals surface area contributed by atoms with E-state index in [4.69, 9.17) is 15.2 Å². The maximum atomic E-state index is 12.2. The Labute approximate surface area is 167 Å². The number of anilines is 1. The maximum absolute atomic E-state index is 12.2. The van der Waals surface area contributed by atoms with Gasteiger partial charge in [0.1, 0.15) is 22.0 Å². The van der Waals surface area contributed by atoms with Crippen LogP contribution in [0.4, 0.5) is 5.00 Å². The molecule has 0 spiro atoms. The van der Waals surface area contributed by atoms with Gasteiger partial charge in [0, 0.05) is 18.7 Å². The maximum Gasteiger partial charge on any atom is 0.341 e. The molecule has 1 heterocycles. The fourth-order valence-electron chi connectivity index (χ4n) is 2.48. The Morgan fingerprint density at radius 2 is 2.00 bits per heavy atom. The van der Waals surface area contributed by atoms with E-state index < -0.39 is 17.8 Å². The van der Waals surface area contributed by atoms with Gasteiger partial charge in [-0.15, -0.1) is 11.3 Å². The molecule has 148 valence electrons. The molecule has 0 aliphatic rings. The third-order valence-corrected chi connectivity index (χ3v) is 4.82. The van der Waals surface area contributed by atoms with Crippen molar-refractivity contribution in [1.29, 1.82) is 0 Å². The predicted octanol–water partition coefficient (Wildman–Crippen LogP) is 2.93. The van der Waals surface area contributed by atoms with Gasteiger partial charge in [0.05, 0.1) is 6.61 Å². The molecule has 28 heavy (non-hydrogen) atoms. The van der Waals surface area contributed by atoms with E-state index in [1.807, 2.05) is 31.2 Å². The Balaban J connectivity index is 2.20. The topological polar surface area (TPSA) is 108 Å². The van der Waals surface area contributed by atoms with E-state index in [0.29, 0.717) is 0 Å². The van der Waals surface area contributed by atoms with E-state index in [-0.39, 0.29) is 34.2 Å². The number of hydrogen-bond donors (Lipinski definition) is 2. The first-order valence-electron chi connectivity index (χ1n) is 8.59. The van der Waals surface area contributed by atoms with E-state index in [1.165, 1.54) is 13.1 Å². The van der Waals surface area contributed by atoms with Crippen LogP contribution in [0, 0.1) is 6.92 Å². The van der Waals surface area contributed by atoms with Crippen LogP contribution < -0.4 is 11.1 Å². The summed E-state index contributed by atoms with van der Waals surface area (Å²) in [7, 11) is 1.46. The fourth-order valence-corrected chi connectivity index (χ4v) is 3.48. The first-order chi connectivity index (χ1) is 13.4. The van der Waals surface area contributed by atoms with Crippen LogP contribution >= 0.6 is 11.3 Å². The van der Waals surface area contributed by atoms with Gasteiger partial charge < -0.3 is 20.5 Å². The molecule has 0 fully saturated rings. The molecule has 0 saturated carbocycles. The standard InChI is InChI=1S/C20H22N2O5S/c1-4-26-20(25)16-14(17(19(24)22-3)28-18(16)21)11-27-15(23)9-8-13-7-5-6-12(2)10-13/h5-10H,4,11,21H2,1-3H3,(H,22,24)/b9-8+. The van der Waals surface area contributed by atoms with Crippen LogP contribution in [0.25, 0.3) is 6.08 Å². The molecule has 8 heteroatoms. The van der Waals surface area contributed by atoms with Crippen molar-refractivity contribution in [2.24, 2.45) is 0 Å². The molecule has 0 bridgehead atoms. The monoisotopic (exact) mass is 402 g/mol. The van der Waals surface area contributed by atoms with Crippen LogP contribution in [-0.4, -0.2) is 31.5 Å². The van der Waals surface area contributed by atoms with Crippen LogP contribution in [0.2, 0.25) is 0 Å². The van der Waals surface area contributed by atoms with Crippen molar-refractivity contribution >= 4 is 40.3 Å². The summed E-state index contributed by atoms with van der Waals surface area (Å²) in [6.45, 7) is 3.49. The number of benzene rings is 1. The van der Waals surface area contributed by atoms with E-state index in [1.54, 1.807) is 13.0 Å². The molecular formula is C20H22N2O5S. The summed E-state index contributed by atoms with van der Waals surface area (Å²) >= 11 is 0.947. The number of nitrogen functional groups attached to an aromatic ring is 1. The van der Waals surface area contributed by atoms with Gasteiger partial charge in [0.2, 0.25) is 0 Å². The summed E-state index contributed by atoms with van der Waals surface area (Å²) in [4.78, 5) is 36.6. The Kier molecular flexibility index (Phi) is 7.34. The molecule has 2 aromatic rings. The second-order valence-electron chi connectivity index (χ2n) is 5.80. The van der Waals surface area contributed by atoms with Crippen LogP contribution in [0.5, 0.6) is 0 Å². The Hall–Kier alpha value is -3.13. The number of ether oxygens (including phenoxy) is 2. The number of nitrogens with two attached hydrogens (primary N) is 1. The highest BCUT2D eigenvalue weighted by atomic mass is 32.1. The van der Waals surface area contributed by atoms with Gasteiger partial charge in [-0.05, 0) is 25.5 Å². The molecular weight excluding hydrogens is 380 g/mol. The lowest BCUT2D eigenvalue weighted by Crippen LogP contribution is -2.19. The van der Waals surface area contributed by atoms with Gasteiger partial charge >= 0.3 is 11.9 Å². The summed E-state index contributed by atoms with van der Waals surface area (Å²) in [5.41, 5.74) is 8.12. The number of carbonyl (C=O) groups is 3. The van der Waals surface area contributed by atoms with Crippen molar-refractivity contribution in [3.05, 3.63) is 57.5 Å². The average Bonchev–Trinajstić information content (AvgIpc) is 3.00. The third-order valence-electron chi connectivity index (χ3n) is 3.76. The van der Waals surface area contributed by atoms with Crippen molar-refractivity contribution in [2.75, 3.05) is 19.4 Å². The van der Waals surface area contributed by atoms with Crippen molar-refractivity contribution in [2.45, 2.75) is 20.5 Å². The van der Waals surface area contributed by atoms with Crippen LogP contribution in [0.1, 0.15) is 43.6 Å². The summed E-state index contributed by atoms with van der Waals surface area (Å²) in [5.74, 6) is -1.69. The molecule has 2 rings (SSSR count).